The molecule has 0 fully saturated rings. The summed E-state index contributed by atoms with van der Waals surface area (Å²) in [6.45, 7) is 2.24. The molecule has 4 nitrogen and oxygen atoms in total. The summed E-state index contributed by atoms with van der Waals surface area (Å²) in [4.78, 5) is 10.6. The van der Waals surface area contributed by atoms with Gasteiger partial charge in [-0.3, -0.25) is 4.79 Å². The highest BCUT2D eigenvalue weighted by atomic mass is 79.9. The molecule has 2 N–H and O–H groups in total. The molecule has 1 amide bonds. The number of anilines is 1. The number of benzene rings is 1. The zero-order valence-electron chi connectivity index (χ0n) is 9.18. The minimum atomic E-state index is -0.508. The molecule has 0 heterocycles. The SMILES string of the molecule is CC(=O)NCCNc1ccc(C#N)c(Br)c1F. The van der Waals surface area contributed by atoms with Crippen LogP contribution in [-0.2, 0) is 4.79 Å². The zero-order valence-corrected chi connectivity index (χ0v) is 10.8. The summed E-state index contributed by atoms with van der Waals surface area (Å²) in [5, 5.41) is 14.1. The fraction of sp³-hybridized carbons (Fsp3) is 0.273. The lowest BCUT2D eigenvalue weighted by Crippen LogP contribution is -2.26. The molecule has 1 rings (SSSR count). The minimum Gasteiger partial charge on any atom is -0.381 e. The highest BCUT2D eigenvalue weighted by molar-refractivity contribution is 9.10. The van der Waals surface area contributed by atoms with Gasteiger partial charge in [-0.25, -0.2) is 4.39 Å². The second-order valence-electron chi connectivity index (χ2n) is 3.31. The summed E-state index contributed by atoms with van der Waals surface area (Å²) in [5.74, 6) is -0.639. The second-order valence-corrected chi connectivity index (χ2v) is 4.10. The van der Waals surface area contributed by atoms with Gasteiger partial charge in [-0.2, -0.15) is 5.26 Å². The molecule has 0 bridgehead atoms. The van der Waals surface area contributed by atoms with Crippen LogP contribution in [0.2, 0.25) is 0 Å². The molecule has 0 aromatic heterocycles. The zero-order chi connectivity index (χ0) is 12.8. The van der Waals surface area contributed by atoms with Crippen LogP contribution in [-0.4, -0.2) is 19.0 Å². The fourth-order valence-electron chi connectivity index (χ4n) is 1.21. The van der Waals surface area contributed by atoms with Crippen molar-refractivity contribution in [1.29, 1.82) is 5.26 Å². The molecular weight excluding hydrogens is 289 g/mol. The number of hydrogen-bond donors (Lipinski definition) is 2. The van der Waals surface area contributed by atoms with Crippen LogP contribution in [0.1, 0.15) is 12.5 Å². The van der Waals surface area contributed by atoms with E-state index >= 15 is 0 Å². The Hall–Kier alpha value is -1.61. The van der Waals surface area contributed by atoms with Gasteiger partial charge < -0.3 is 10.6 Å². The van der Waals surface area contributed by atoms with Crippen LogP contribution in [0.3, 0.4) is 0 Å². The Balaban J connectivity index is 2.64. The minimum absolute atomic E-state index is 0.131. The summed E-state index contributed by atoms with van der Waals surface area (Å²) < 4.78 is 13.8. The first kappa shape index (κ1) is 13.5. The van der Waals surface area contributed by atoms with Crippen molar-refractivity contribution in [3.05, 3.63) is 28.0 Å². The van der Waals surface area contributed by atoms with E-state index in [1.54, 1.807) is 0 Å². The van der Waals surface area contributed by atoms with Crippen LogP contribution < -0.4 is 10.6 Å². The number of nitrogens with one attached hydrogen (secondary N) is 2. The molecule has 0 aliphatic heterocycles. The van der Waals surface area contributed by atoms with Crippen molar-refractivity contribution < 1.29 is 9.18 Å². The van der Waals surface area contributed by atoms with E-state index in [0.29, 0.717) is 18.8 Å². The Labute approximate surface area is 107 Å². The van der Waals surface area contributed by atoms with E-state index in [2.05, 4.69) is 26.6 Å². The lowest BCUT2D eigenvalue weighted by Gasteiger charge is -2.09. The van der Waals surface area contributed by atoms with E-state index < -0.39 is 5.82 Å². The van der Waals surface area contributed by atoms with E-state index in [1.165, 1.54) is 19.1 Å². The summed E-state index contributed by atoms with van der Waals surface area (Å²) in [6.07, 6.45) is 0. The molecular formula is C11H11BrFN3O. The van der Waals surface area contributed by atoms with Gasteiger partial charge in [0, 0.05) is 20.0 Å². The summed E-state index contributed by atoms with van der Waals surface area (Å²) in [5.41, 5.74) is 0.538. The summed E-state index contributed by atoms with van der Waals surface area (Å²) in [7, 11) is 0. The lowest BCUT2D eigenvalue weighted by molar-refractivity contribution is -0.118. The number of nitrogens with zero attached hydrogens (tertiary/aromatic N) is 1. The monoisotopic (exact) mass is 299 g/mol. The third-order valence-electron chi connectivity index (χ3n) is 2.02. The number of carbonyl (C=O) groups is 1. The van der Waals surface area contributed by atoms with Gasteiger partial charge in [0.2, 0.25) is 5.91 Å². The molecule has 1 aromatic rings. The Morgan fingerprint density at radius 2 is 2.24 bits per heavy atom. The molecule has 0 unspecified atom stereocenters. The Bertz CT molecular complexity index is 471. The summed E-state index contributed by atoms with van der Waals surface area (Å²) >= 11 is 3.02. The van der Waals surface area contributed by atoms with Gasteiger partial charge >= 0.3 is 0 Å². The average molecular weight is 300 g/mol. The van der Waals surface area contributed by atoms with Crippen molar-refractivity contribution in [1.82, 2.24) is 5.32 Å². The molecule has 0 aliphatic carbocycles. The Morgan fingerprint density at radius 3 is 2.82 bits per heavy atom. The van der Waals surface area contributed by atoms with E-state index in [0.717, 1.165) is 0 Å². The van der Waals surface area contributed by atoms with Crippen LogP contribution in [0.5, 0.6) is 0 Å². The molecule has 0 saturated heterocycles. The van der Waals surface area contributed by atoms with E-state index in [1.807, 2.05) is 6.07 Å². The van der Waals surface area contributed by atoms with Gasteiger partial charge in [0.1, 0.15) is 6.07 Å². The van der Waals surface area contributed by atoms with E-state index in [4.69, 9.17) is 5.26 Å². The van der Waals surface area contributed by atoms with Gasteiger partial charge in [-0.1, -0.05) is 0 Å². The first-order valence-electron chi connectivity index (χ1n) is 4.92. The smallest absolute Gasteiger partial charge is 0.216 e. The largest absolute Gasteiger partial charge is 0.381 e. The number of halogens is 2. The third kappa shape index (κ3) is 3.71. The maximum atomic E-state index is 13.7. The summed E-state index contributed by atoms with van der Waals surface area (Å²) in [6, 6.07) is 4.89. The Morgan fingerprint density at radius 1 is 1.53 bits per heavy atom. The van der Waals surface area contributed by atoms with Gasteiger partial charge in [-0.05, 0) is 28.1 Å². The van der Waals surface area contributed by atoms with Crippen molar-refractivity contribution in [2.24, 2.45) is 0 Å². The number of nitriles is 1. The van der Waals surface area contributed by atoms with Crippen molar-refractivity contribution in [3.63, 3.8) is 0 Å². The van der Waals surface area contributed by atoms with Crippen molar-refractivity contribution >= 4 is 27.5 Å². The Kier molecular flexibility index (Phi) is 4.91. The van der Waals surface area contributed by atoms with Gasteiger partial charge in [0.05, 0.1) is 15.7 Å². The fourth-order valence-corrected chi connectivity index (χ4v) is 1.64. The van der Waals surface area contributed by atoms with Crippen LogP contribution in [0.15, 0.2) is 16.6 Å². The molecule has 6 heteroatoms. The molecule has 1 aromatic carbocycles. The molecule has 17 heavy (non-hydrogen) atoms. The topological polar surface area (TPSA) is 64.9 Å². The van der Waals surface area contributed by atoms with Crippen molar-refractivity contribution in [2.45, 2.75) is 6.92 Å². The molecule has 0 aliphatic rings. The first-order chi connectivity index (χ1) is 8.06. The highest BCUT2D eigenvalue weighted by Crippen LogP contribution is 2.26. The van der Waals surface area contributed by atoms with Gasteiger partial charge in [-0.15, -0.1) is 0 Å². The molecule has 0 atom stereocenters. The van der Waals surface area contributed by atoms with Crippen LogP contribution >= 0.6 is 15.9 Å². The predicted molar refractivity (Wildman–Crippen MR) is 66.0 cm³/mol. The van der Waals surface area contributed by atoms with Crippen molar-refractivity contribution in [2.75, 3.05) is 18.4 Å². The number of rotatable bonds is 4. The number of amides is 1. The van der Waals surface area contributed by atoms with Crippen LogP contribution in [0.25, 0.3) is 0 Å². The van der Waals surface area contributed by atoms with E-state index in [-0.39, 0.29) is 15.9 Å². The van der Waals surface area contributed by atoms with Crippen LogP contribution in [0.4, 0.5) is 10.1 Å². The quantitative estimate of drug-likeness (QED) is 0.836. The first-order valence-corrected chi connectivity index (χ1v) is 5.72. The maximum Gasteiger partial charge on any atom is 0.216 e. The number of carbonyl (C=O) groups excluding carboxylic acids is 1. The maximum absolute atomic E-state index is 13.7. The molecule has 0 saturated carbocycles. The van der Waals surface area contributed by atoms with E-state index in [9.17, 15) is 9.18 Å². The predicted octanol–water partition coefficient (Wildman–Crippen LogP) is 2.01. The molecule has 90 valence electrons. The molecule has 0 spiro atoms. The average Bonchev–Trinajstić information content (AvgIpc) is 2.29. The number of hydrogen-bond acceptors (Lipinski definition) is 3. The third-order valence-corrected chi connectivity index (χ3v) is 2.79. The van der Waals surface area contributed by atoms with Gasteiger partial charge in [0.25, 0.3) is 0 Å². The van der Waals surface area contributed by atoms with Gasteiger partial charge in [0.15, 0.2) is 5.82 Å². The standard InChI is InChI=1S/C11H11BrFN3O/c1-7(17)15-4-5-16-9-3-2-8(6-14)10(12)11(9)13/h2-3,16H,4-5H2,1H3,(H,15,17). The van der Waals surface area contributed by atoms with Crippen molar-refractivity contribution in [3.8, 4) is 6.07 Å². The van der Waals surface area contributed by atoms with Crippen LogP contribution in [0, 0.1) is 17.1 Å². The highest BCUT2D eigenvalue weighted by Gasteiger charge is 2.10. The molecule has 0 radical (unpaired) electrons. The lowest BCUT2D eigenvalue weighted by atomic mass is 10.2. The second kappa shape index (κ2) is 6.21. The normalized spacial score (nSPS) is 9.53.